The monoisotopic (exact) mass is 410 g/mol. The molecule has 0 aliphatic heterocycles. The maximum atomic E-state index is 11.4. The van der Waals surface area contributed by atoms with Crippen molar-refractivity contribution in [1.82, 2.24) is 0 Å². The molecule has 0 amide bonds. The van der Waals surface area contributed by atoms with E-state index in [1.54, 1.807) is 6.08 Å². The largest absolute Gasteiger partial charge is 0.494 e. The van der Waals surface area contributed by atoms with Crippen molar-refractivity contribution in [2.24, 2.45) is 5.92 Å². The lowest BCUT2D eigenvalue weighted by Gasteiger charge is -2.09. The van der Waals surface area contributed by atoms with Crippen LogP contribution in [0, 0.1) is 5.92 Å². The zero-order chi connectivity index (χ0) is 21.8. The van der Waals surface area contributed by atoms with E-state index in [9.17, 15) is 9.59 Å². The summed E-state index contributed by atoms with van der Waals surface area (Å²) in [4.78, 5) is 22.7. The third-order valence-electron chi connectivity index (χ3n) is 4.47. The first-order valence-corrected chi connectivity index (χ1v) is 10.3. The Morgan fingerprint density at radius 1 is 0.967 bits per heavy atom. The van der Waals surface area contributed by atoms with Gasteiger partial charge in [0.1, 0.15) is 5.75 Å². The summed E-state index contributed by atoms with van der Waals surface area (Å²) in [5.41, 5.74) is 0.913. The lowest BCUT2D eigenvalue weighted by atomic mass is 10.1. The van der Waals surface area contributed by atoms with Crippen LogP contribution in [0.15, 0.2) is 55.3 Å². The Bertz CT molecular complexity index is 882. The minimum atomic E-state index is -0.453. The van der Waals surface area contributed by atoms with Crippen molar-refractivity contribution in [1.29, 1.82) is 0 Å². The van der Waals surface area contributed by atoms with E-state index in [1.165, 1.54) is 6.08 Å². The average Bonchev–Trinajstić information content (AvgIpc) is 2.73. The predicted octanol–water partition coefficient (Wildman–Crippen LogP) is 5.68. The van der Waals surface area contributed by atoms with Crippen molar-refractivity contribution in [3.8, 4) is 5.75 Å². The zero-order valence-corrected chi connectivity index (χ0v) is 17.8. The highest BCUT2D eigenvalue weighted by atomic mass is 16.5. The summed E-state index contributed by atoms with van der Waals surface area (Å²) in [7, 11) is 0. The van der Waals surface area contributed by atoms with E-state index in [-0.39, 0.29) is 11.9 Å². The lowest BCUT2D eigenvalue weighted by molar-refractivity contribution is -0.147. The number of benzene rings is 2. The second-order valence-electron chi connectivity index (χ2n) is 7.29. The van der Waals surface area contributed by atoms with Crippen LogP contribution in [-0.4, -0.2) is 25.2 Å². The quantitative estimate of drug-likeness (QED) is 0.195. The second-order valence-corrected chi connectivity index (χ2v) is 7.29. The normalized spacial score (nSPS) is 11.0. The Labute approximate surface area is 178 Å². The van der Waals surface area contributed by atoms with Crippen molar-refractivity contribution in [3.63, 3.8) is 0 Å². The van der Waals surface area contributed by atoms with Crippen LogP contribution in [0.4, 0.5) is 0 Å². The van der Waals surface area contributed by atoms with Crippen LogP contribution in [0.5, 0.6) is 5.75 Å². The molecule has 5 heteroatoms. The number of fused-ring (bicyclic) bond motifs is 1. The Morgan fingerprint density at radius 3 is 2.40 bits per heavy atom. The van der Waals surface area contributed by atoms with Crippen molar-refractivity contribution >= 4 is 28.8 Å². The van der Waals surface area contributed by atoms with Gasteiger partial charge < -0.3 is 14.2 Å². The molecule has 0 aliphatic carbocycles. The van der Waals surface area contributed by atoms with E-state index in [1.807, 2.05) is 50.2 Å². The SMILES string of the molecule is C=COC(=O)/C=C/c1ccc2cc(OCCCCCCOC(=O)C(C)C)ccc2c1. The van der Waals surface area contributed by atoms with Crippen LogP contribution in [0.3, 0.4) is 0 Å². The fourth-order valence-corrected chi connectivity index (χ4v) is 2.81. The van der Waals surface area contributed by atoms with Crippen LogP contribution < -0.4 is 4.74 Å². The molecule has 0 bridgehead atoms. The van der Waals surface area contributed by atoms with Gasteiger partial charge in [0.15, 0.2) is 0 Å². The fourth-order valence-electron chi connectivity index (χ4n) is 2.81. The molecule has 30 heavy (non-hydrogen) atoms. The molecule has 0 saturated heterocycles. The number of hydrogen-bond donors (Lipinski definition) is 0. The number of rotatable bonds is 12. The van der Waals surface area contributed by atoms with Crippen LogP contribution >= 0.6 is 0 Å². The molecular weight excluding hydrogens is 380 g/mol. The molecule has 2 aromatic carbocycles. The molecular formula is C25H30O5. The summed E-state index contributed by atoms with van der Waals surface area (Å²) >= 11 is 0. The number of esters is 2. The number of unbranched alkanes of at least 4 members (excludes halogenated alkanes) is 3. The van der Waals surface area contributed by atoms with Gasteiger partial charge in [0.25, 0.3) is 0 Å². The zero-order valence-electron chi connectivity index (χ0n) is 17.8. The summed E-state index contributed by atoms with van der Waals surface area (Å²) < 4.78 is 15.7. The van der Waals surface area contributed by atoms with E-state index < -0.39 is 5.97 Å². The van der Waals surface area contributed by atoms with Gasteiger partial charge in [0.2, 0.25) is 0 Å². The topological polar surface area (TPSA) is 61.8 Å². The van der Waals surface area contributed by atoms with E-state index >= 15 is 0 Å². The van der Waals surface area contributed by atoms with E-state index in [0.717, 1.165) is 54.0 Å². The van der Waals surface area contributed by atoms with Crippen molar-refractivity contribution in [2.45, 2.75) is 39.5 Å². The molecule has 0 saturated carbocycles. The van der Waals surface area contributed by atoms with Gasteiger partial charge in [0.05, 0.1) is 25.4 Å². The standard InChI is InChI=1S/C25H30O5/c1-4-28-24(26)14-10-20-9-11-22-18-23(13-12-21(22)17-20)29-15-7-5-6-8-16-30-25(27)19(2)3/h4,9-14,17-19H,1,5-8,15-16H2,2-3H3/b14-10+. The maximum absolute atomic E-state index is 11.4. The molecule has 0 spiro atoms. The predicted molar refractivity (Wildman–Crippen MR) is 119 cm³/mol. The molecule has 0 aliphatic rings. The fraction of sp³-hybridized carbons (Fsp3) is 0.360. The summed E-state index contributed by atoms with van der Waals surface area (Å²) in [6, 6.07) is 11.9. The summed E-state index contributed by atoms with van der Waals surface area (Å²) in [6.45, 7) is 8.18. The number of carbonyl (C=O) groups excluding carboxylic acids is 2. The third-order valence-corrected chi connectivity index (χ3v) is 4.47. The summed E-state index contributed by atoms with van der Waals surface area (Å²) in [5, 5.41) is 2.14. The maximum Gasteiger partial charge on any atom is 0.335 e. The smallest absolute Gasteiger partial charge is 0.335 e. The molecule has 160 valence electrons. The summed E-state index contributed by atoms with van der Waals surface area (Å²) in [5.74, 6) is 0.189. The average molecular weight is 411 g/mol. The van der Waals surface area contributed by atoms with Crippen LogP contribution in [0.25, 0.3) is 16.8 Å². The number of carbonyl (C=O) groups is 2. The minimum Gasteiger partial charge on any atom is -0.494 e. The van der Waals surface area contributed by atoms with Crippen molar-refractivity contribution in [2.75, 3.05) is 13.2 Å². The van der Waals surface area contributed by atoms with E-state index in [2.05, 4.69) is 11.3 Å². The lowest BCUT2D eigenvalue weighted by Crippen LogP contribution is -2.12. The molecule has 2 rings (SSSR count). The first kappa shape index (κ1) is 23.2. The number of hydrogen-bond acceptors (Lipinski definition) is 5. The van der Waals surface area contributed by atoms with E-state index in [0.29, 0.717) is 13.2 Å². The number of ether oxygens (including phenoxy) is 3. The van der Waals surface area contributed by atoms with E-state index in [4.69, 9.17) is 9.47 Å². The van der Waals surface area contributed by atoms with Gasteiger partial charge in [-0.2, -0.15) is 0 Å². The van der Waals surface area contributed by atoms with Crippen molar-refractivity contribution < 1.29 is 23.8 Å². The second kappa shape index (κ2) is 12.5. The van der Waals surface area contributed by atoms with Crippen molar-refractivity contribution in [3.05, 3.63) is 60.9 Å². The Hall–Kier alpha value is -3.08. The minimum absolute atomic E-state index is 0.0652. The van der Waals surface area contributed by atoms with Gasteiger partial charge in [-0.1, -0.05) is 38.6 Å². The molecule has 0 unspecified atom stereocenters. The molecule has 0 heterocycles. The van der Waals surface area contributed by atoms with Gasteiger partial charge in [-0.25, -0.2) is 4.79 Å². The molecule has 0 atom stereocenters. The highest BCUT2D eigenvalue weighted by Gasteiger charge is 2.07. The molecule has 0 radical (unpaired) electrons. The molecule has 2 aromatic rings. The highest BCUT2D eigenvalue weighted by Crippen LogP contribution is 2.23. The third kappa shape index (κ3) is 8.11. The van der Waals surface area contributed by atoms with Gasteiger partial charge in [0, 0.05) is 6.08 Å². The van der Waals surface area contributed by atoms with Crippen LogP contribution in [0.2, 0.25) is 0 Å². The highest BCUT2D eigenvalue weighted by molar-refractivity contribution is 5.90. The molecule has 0 N–H and O–H groups in total. The van der Waals surface area contributed by atoms with Crippen LogP contribution in [-0.2, 0) is 19.1 Å². The molecule has 5 nitrogen and oxygen atoms in total. The Morgan fingerprint density at radius 2 is 1.67 bits per heavy atom. The Kier molecular flexibility index (Phi) is 9.65. The van der Waals surface area contributed by atoms with Gasteiger partial charge in [-0.05, 0) is 66.3 Å². The molecule has 0 aromatic heterocycles. The van der Waals surface area contributed by atoms with Gasteiger partial charge in [-0.3, -0.25) is 4.79 Å². The van der Waals surface area contributed by atoms with Gasteiger partial charge in [-0.15, -0.1) is 0 Å². The Balaban J connectivity index is 1.73. The molecule has 0 fully saturated rings. The van der Waals surface area contributed by atoms with Crippen LogP contribution in [0.1, 0.15) is 45.1 Å². The first-order chi connectivity index (χ1) is 14.5. The first-order valence-electron chi connectivity index (χ1n) is 10.3. The van der Waals surface area contributed by atoms with Gasteiger partial charge >= 0.3 is 11.9 Å². The summed E-state index contributed by atoms with van der Waals surface area (Å²) in [6.07, 6.45) is 8.09.